The third kappa shape index (κ3) is 21.7. The molecule has 0 aliphatic rings. The molecule has 0 unspecified atom stereocenters. The molecule has 0 radical (unpaired) electrons. The molecule has 19 N–H and O–H groups in total. The fourth-order valence-electron chi connectivity index (χ4n) is 6.06. The molecule has 0 aliphatic carbocycles. The number of primary amides is 1. The molecule has 1 heterocycles. The van der Waals surface area contributed by atoms with Crippen molar-refractivity contribution in [2.45, 2.75) is 107 Å². The number of aliphatic carboxylic acids is 3. The van der Waals surface area contributed by atoms with Crippen molar-refractivity contribution in [3.63, 3.8) is 0 Å². The molecule has 1 aromatic carbocycles. The van der Waals surface area contributed by atoms with Gasteiger partial charge in [0.25, 0.3) is 0 Å². The molecule has 0 saturated carbocycles. The first-order valence-electron chi connectivity index (χ1n) is 20.9. The standard InChI is InChI=1S/C40H58N14O14/c1-20(33(61)51-24(9-11-29(42)55)35(63)47-18-30(56)50-25(10-12-31(57)58)36(64)54-28(39(67)68)16-32(59)60)49-37(65)26(14-21-6-3-2-4-7-21)53-38(66)27(15-22-17-45-19-48-22)52-34(62)23(41)8-5-13-46-40(43)44/h2-4,6-7,17,19-20,23-28H,5,8-16,18,41H2,1H3,(H2,42,55)(H,45,48)(H,47,63)(H,49,65)(H,50,56)(H,51,61)(H,52,62)(H,53,66)(H,54,64)(H,57,58)(H,59,60)(H,67,68)(H4,43,44,46)/t20-,23-,24-,25-,26-,27-,28-/m0/s1. The van der Waals surface area contributed by atoms with Crippen LogP contribution in [0.3, 0.4) is 0 Å². The number of nitrogens with one attached hydrogen (secondary N) is 10. The van der Waals surface area contributed by atoms with Gasteiger partial charge in [0.15, 0.2) is 5.96 Å². The van der Waals surface area contributed by atoms with Crippen LogP contribution in [0.5, 0.6) is 0 Å². The number of carbonyl (C=O) groups is 11. The Labute approximate surface area is 387 Å². The van der Waals surface area contributed by atoms with Crippen LogP contribution in [0.25, 0.3) is 0 Å². The van der Waals surface area contributed by atoms with Gasteiger partial charge >= 0.3 is 17.9 Å². The van der Waals surface area contributed by atoms with Crippen LogP contribution in [0, 0.1) is 5.41 Å². The summed E-state index contributed by atoms with van der Waals surface area (Å²) in [6.45, 7) is 0.602. The minimum atomic E-state index is -1.94. The number of guanidine groups is 1. The quantitative estimate of drug-likeness (QED) is 0.0190. The van der Waals surface area contributed by atoms with Crippen molar-refractivity contribution in [2.75, 3.05) is 13.1 Å². The predicted octanol–water partition coefficient (Wildman–Crippen LogP) is -5.48. The number of hydrogen-bond donors (Lipinski definition) is 16. The molecule has 372 valence electrons. The fourth-order valence-corrected chi connectivity index (χ4v) is 6.06. The predicted molar refractivity (Wildman–Crippen MR) is 235 cm³/mol. The van der Waals surface area contributed by atoms with Crippen molar-refractivity contribution in [3.05, 3.63) is 54.1 Å². The van der Waals surface area contributed by atoms with Gasteiger partial charge in [0.2, 0.25) is 47.3 Å². The summed E-state index contributed by atoms with van der Waals surface area (Å²) in [5.41, 5.74) is 17.6. The number of aromatic amines is 1. The van der Waals surface area contributed by atoms with E-state index in [1.165, 1.54) is 19.4 Å². The van der Waals surface area contributed by atoms with E-state index in [2.05, 4.69) is 47.2 Å². The molecule has 0 bridgehead atoms. The smallest absolute Gasteiger partial charge is 0.326 e. The lowest BCUT2D eigenvalue weighted by molar-refractivity contribution is -0.147. The van der Waals surface area contributed by atoms with Gasteiger partial charge in [-0.3, -0.25) is 53.4 Å². The van der Waals surface area contributed by atoms with Crippen LogP contribution in [0.1, 0.15) is 63.1 Å². The lowest BCUT2D eigenvalue weighted by atomic mass is 10.0. The molecule has 0 spiro atoms. The van der Waals surface area contributed by atoms with Crippen molar-refractivity contribution in [2.24, 2.45) is 17.2 Å². The molecular weight excluding hydrogens is 901 g/mol. The molecule has 1 aromatic heterocycles. The number of nitrogens with two attached hydrogens (primary N) is 3. The van der Waals surface area contributed by atoms with Crippen LogP contribution in [0.4, 0.5) is 0 Å². The summed E-state index contributed by atoms with van der Waals surface area (Å²) in [4.78, 5) is 146. The molecule has 2 rings (SSSR count). The first kappa shape index (κ1) is 56.0. The summed E-state index contributed by atoms with van der Waals surface area (Å²) in [6, 6.07) is -1.92. The van der Waals surface area contributed by atoms with Gasteiger partial charge in [0.05, 0.1) is 31.0 Å². The SMILES string of the molecule is C[C@H](NC(=O)[C@H](Cc1ccccc1)NC(=O)[C@H](Cc1c[nH]cn1)NC(=O)[C@@H](N)CCCNC(=N)N)C(=O)N[C@@H](CCC(N)=O)C(=O)NCC(=O)N[C@@H](CCC(=O)O)C(=O)N[C@@H](CC(=O)O)C(=O)O. The van der Waals surface area contributed by atoms with Crippen molar-refractivity contribution in [3.8, 4) is 0 Å². The number of rotatable bonds is 31. The zero-order chi connectivity index (χ0) is 50.9. The average Bonchev–Trinajstić information content (AvgIpc) is 3.79. The molecule has 0 fully saturated rings. The second kappa shape index (κ2) is 28.7. The molecule has 0 saturated heterocycles. The summed E-state index contributed by atoms with van der Waals surface area (Å²) in [5.74, 6) is -12.6. The van der Waals surface area contributed by atoms with E-state index in [1.807, 2.05) is 5.32 Å². The highest BCUT2D eigenvalue weighted by Crippen LogP contribution is 2.08. The number of nitrogens with zero attached hydrogens (tertiary/aromatic N) is 1. The lowest BCUT2D eigenvalue weighted by Crippen LogP contribution is -2.59. The molecule has 7 atom stereocenters. The Hall–Kier alpha value is -8.17. The van der Waals surface area contributed by atoms with Crippen LogP contribution in [0.2, 0.25) is 0 Å². The van der Waals surface area contributed by atoms with Crippen LogP contribution in [-0.4, -0.2) is 152 Å². The second-order valence-corrected chi connectivity index (χ2v) is 15.2. The minimum Gasteiger partial charge on any atom is -0.481 e. The summed E-state index contributed by atoms with van der Waals surface area (Å²) in [6.07, 6.45) is -0.0257. The second-order valence-electron chi connectivity index (χ2n) is 15.2. The largest absolute Gasteiger partial charge is 0.481 e. The Balaban J connectivity index is 2.22. The van der Waals surface area contributed by atoms with Crippen LogP contribution < -0.4 is 59.7 Å². The highest BCUT2D eigenvalue weighted by atomic mass is 16.4. The van der Waals surface area contributed by atoms with E-state index in [0.29, 0.717) is 17.7 Å². The first-order chi connectivity index (χ1) is 32.1. The number of carboxylic acids is 3. The van der Waals surface area contributed by atoms with Gasteiger partial charge in [-0.1, -0.05) is 30.3 Å². The van der Waals surface area contributed by atoms with Crippen molar-refractivity contribution < 1.29 is 68.1 Å². The van der Waals surface area contributed by atoms with E-state index in [-0.39, 0.29) is 31.8 Å². The van der Waals surface area contributed by atoms with E-state index in [4.69, 9.17) is 32.8 Å². The van der Waals surface area contributed by atoms with Gasteiger partial charge < -0.3 is 80.0 Å². The van der Waals surface area contributed by atoms with E-state index < -0.39 is 146 Å². The van der Waals surface area contributed by atoms with E-state index in [1.54, 1.807) is 30.3 Å². The Morgan fingerprint density at radius 1 is 0.662 bits per heavy atom. The van der Waals surface area contributed by atoms with Crippen LogP contribution >= 0.6 is 0 Å². The van der Waals surface area contributed by atoms with Crippen LogP contribution in [0.15, 0.2) is 42.9 Å². The molecule has 0 aliphatic heterocycles. The van der Waals surface area contributed by atoms with Gasteiger partial charge in [-0.25, -0.2) is 9.78 Å². The number of carboxylic acid groups (broad SMARTS) is 3. The van der Waals surface area contributed by atoms with Gasteiger partial charge in [0.1, 0.15) is 36.3 Å². The topological polar surface area (TPSA) is 475 Å². The van der Waals surface area contributed by atoms with Gasteiger partial charge in [0, 0.05) is 38.4 Å². The highest BCUT2D eigenvalue weighted by Gasteiger charge is 2.33. The maximum absolute atomic E-state index is 13.9. The third-order valence-corrected chi connectivity index (χ3v) is 9.64. The number of H-pyrrole nitrogens is 1. The molecule has 2 aromatic rings. The molecule has 8 amide bonds. The van der Waals surface area contributed by atoms with Gasteiger partial charge in [-0.15, -0.1) is 0 Å². The maximum atomic E-state index is 13.9. The zero-order valence-electron chi connectivity index (χ0n) is 36.9. The molecular formula is C40H58N14O14. The molecule has 28 nitrogen and oxygen atoms in total. The minimum absolute atomic E-state index is 0.106. The highest BCUT2D eigenvalue weighted by molar-refractivity contribution is 5.97. The van der Waals surface area contributed by atoms with Crippen molar-refractivity contribution in [1.82, 2.24) is 52.5 Å². The average molecular weight is 959 g/mol. The van der Waals surface area contributed by atoms with Gasteiger partial charge in [-0.2, -0.15) is 0 Å². The third-order valence-electron chi connectivity index (χ3n) is 9.64. The van der Waals surface area contributed by atoms with Crippen molar-refractivity contribution in [1.29, 1.82) is 5.41 Å². The summed E-state index contributed by atoms with van der Waals surface area (Å²) in [7, 11) is 0. The van der Waals surface area contributed by atoms with Crippen molar-refractivity contribution >= 4 is 71.1 Å². The number of benzene rings is 1. The Bertz CT molecular complexity index is 2110. The summed E-state index contributed by atoms with van der Waals surface area (Å²) >= 11 is 0. The summed E-state index contributed by atoms with van der Waals surface area (Å²) in [5, 5.41) is 53.5. The number of carbonyl (C=O) groups excluding carboxylic acids is 8. The number of aromatic nitrogens is 2. The van der Waals surface area contributed by atoms with E-state index in [0.717, 1.165) is 0 Å². The number of hydrogen-bond acceptors (Lipinski definition) is 14. The Kier molecular flexibility index (Phi) is 23.6. The fraction of sp³-hybridized carbons (Fsp3) is 0.475. The Morgan fingerprint density at radius 3 is 1.82 bits per heavy atom. The number of amides is 8. The normalized spacial score (nSPS) is 13.8. The first-order valence-corrected chi connectivity index (χ1v) is 20.9. The summed E-state index contributed by atoms with van der Waals surface area (Å²) < 4.78 is 0. The molecule has 68 heavy (non-hydrogen) atoms. The van der Waals surface area contributed by atoms with Crippen LogP contribution in [-0.2, 0) is 65.6 Å². The van der Waals surface area contributed by atoms with E-state index in [9.17, 15) is 57.8 Å². The lowest BCUT2D eigenvalue weighted by Gasteiger charge is -2.26. The number of imidazole rings is 1. The zero-order valence-corrected chi connectivity index (χ0v) is 36.9. The maximum Gasteiger partial charge on any atom is 0.326 e. The van der Waals surface area contributed by atoms with Gasteiger partial charge in [-0.05, 0) is 38.2 Å². The molecule has 28 heteroatoms. The monoisotopic (exact) mass is 958 g/mol. The Morgan fingerprint density at radius 2 is 1.24 bits per heavy atom. The van der Waals surface area contributed by atoms with E-state index >= 15 is 0 Å².